The first-order valence-corrected chi connectivity index (χ1v) is 8.72. The summed E-state index contributed by atoms with van der Waals surface area (Å²) in [4.78, 5) is 35.4. The molecule has 0 bridgehead atoms. The van der Waals surface area contributed by atoms with Gasteiger partial charge >= 0.3 is 12.1 Å². The van der Waals surface area contributed by atoms with Gasteiger partial charge in [-0.15, -0.1) is 0 Å². The number of ether oxygens (including phenoxy) is 2. The summed E-state index contributed by atoms with van der Waals surface area (Å²) in [7, 11) is 1.47. The summed E-state index contributed by atoms with van der Waals surface area (Å²) in [5.74, 6) is -1.80. The van der Waals surface area contributed by atoms with E-state index in [0.29, 0.717) is 11.8 Å². The average Bonchev–Trinajstić information content (AvgIpc) is 2.71. The van der Waals surface area contributed by atoms with E-state index in [9.17, 15) is 27.6 Å². The fraction of sp³-hybridized carbons (Fsp3) is 0.211. The van der Waals surface area contributed by atoms with E-state index in [4.69, 9.17) is 16.3 Å². The van der Waals surface area contributed by atoms with E-state index in [0.717, 1.165) is 12.1 Å². The van der Waals surface area contributed by atoms with Crippen molar-refractivity contribution in [2.75, 3.05) is 25.6 Å². The number of nitrogens with one attached hydrogen (secondary N) is 2. The number of carbonyl (C=O) groups is 3. The van der Waals surface area contributed by atoms with Crippen molar-refractivity contribution in [2.24, 2.45) is 0 Å². The zero-order valence-electron chi connectivity index (χ0n) is 15.5. The van der Waals surface area contributed by atoms with E-state index in [-0.39, 0.29) is 16.3 Å². The standard InChI is InChI=1S/C19H16ClF3N2O5/c1-29-13-5-2-11(3-6-13)18(28)24-9-17(27)30-10-16(26)25-15-8-12(19(21,22)23)4-7-14(15)20/h2-8H,9-10H2,1H3,(H,24,28)(H,25,26). The Balaban J connectivity index is 1.82. The molecule has 0 spiro atoms. The zero-order chi connectivity index (χ0) is 22.3. The van der Waals surface area contributed by atoms with Crippen molar-refractivity contribution in [1.82, 2.24) is 5.32 Å². The van der Waals surface area contributed by atoms with Gasteiger partial charge in [0.15, 0.2) is 6.61 Å². The van der Waals surface area contributed by atoms with Crippen molar-refractivity contribution < 1.29 is 37.0 Å². The van der Waals surface area contributed by atoms with Crippen LogP contribution in [0.3, 0.4) is 0 Å². The quantitative estimate of drug-likeness (QED) is 0.639. The highest BCUT2D eigenvalue weighted by atomic mass is 35.5. The summed E-state index contributed by atoms with van der Waals surface area (Å²) < 4.78 is 47.9. The number of amides is 2. The van der Waals surface area contributed by atoms with Gasteiger partial charge in [0.1, 0.15) is 12.3 Å². The van der Waals surface area contributed by atoms with Crippen LogP contribution in [0.2, 0.25) is 5.02 Å². The summed E-state index contributed by atoms with van der Waals surface area (Å²) in [6.45, 7) is -1.29. The van der Waals surface area contributed by atoms with Crippen LogP contribution >= 0.6 is 11.6 Å². The fourth-order valence-electron chi connectivity index (χ4n) is 2.18. The molecule has 0 atom stereocenters. The van der Waals surface area contributed by atoms with Gasteiger partial charge in [-0.3, -0.25) is 14.4 Å². The Morgan fingerprint density at radius 2 is 1.73 bits per heavy atom. The van der Waals surface area contributed by atoms with Crippen molar-refractivity contribution in [2.45, 2.75) is 6.18 Å². The summed E-state index contributed by atoms with van der Waals surface area (Å²) in [5.41, 5.74) is -0.999. The molecule has 0 aromatic heterocycles. The molecule has 30 heavy (non-hydrogen) atoms. The van der Waals surface area contributed by atoms with Crippen LogP contribution in [0.1, 0.15) is 15.9 Å². The smallest absolute Gasteiger partial charge is 0.416 e. The Labute approximate surface area is 174 Å². The van der Waals surface area contributed by atoms with Gasteiger partial charge in [-0.25, -0.2) is 0 Å². The maximum Gasteiger partial charge on any atom is 0.416 e. The number of hydrogen-bond donors (Lipinski definition) is 2. The second kappa shape index (κ2) is 9.97. The van der Waals surface area contributed by atoms with Gasteiger partial charge in [0.2, 0.25) is 0 Å². The number of carbonyl (C=O) groups excluding carboxylic acids is 3. The Morgan fingerprint density at radius 3 is 2.33 bits per heavy atom. The lowest BCUT2D eigenvalue weighted by Gasteiger charge is -2.12. The highest BCUT2D eigenvalue weighted by Gasteiger charge is 2.31. The van der Waals surface area contributed by atoms with Crippen molar-refractivity contribution in [3.63, 3.8) is 0 Å². The van der Waals surface area contributed by atoms with Crippen molar-refractivity contribution in [3.05, 3.63) is 58.6 Å². The molecule has 0 saturated carbocycles. The normalized spacial score (nSPS) is 10.8. The van der Waals surface area contributed by atoms with Crippen molar-refractivity contribution in [3.8, 4) is 5.75 Å². The van der Waals surface area contributed by atoms with E-state index in [1.807, 2.05) is 0 Å². The predicted octanol–water partition coefficient (Wildman–Crippen LogP) is 3.28. The molecule has 0 heterocycles. The van der Waals surface area contributed by atoms with E-state index in [1.54, 1.807) is 12.1 Å². The number of halogens is 4. The van der Waals surface area contributed by atoms with Gasteiger partial charge in [0.05, 0.1) is 23.4 Å². The van der Waals surface area contributed by atoms with Crippen molar-refractivity contribution in [1.29, 1.82) is 0 Å². The minimum Gasteiger partial charge on any atom is -0.497 e. The second-order valence-corrected chi connectivity index (χ2v) is 6.22. The van der Waals surface area contributed by atoms with Crippen LogP contribution in [0.15, 0.2) is 42.5 Å². The Kier molecular flexibility index (Phi) is 7.65. The van der Waals surface area contributed by atoms with Crippen LogP contribution in [0.25, 0.3) is 0 Å². The molecule has 2 amide bonds. The van der Waals surface area contributed by atoms with Crippen LogP contribution in [0.4, 0.5) is 18.9 Å². The van der Waals surface area contributed by atoms with E-state index < -0.39 is 42.7 Å². The van der Waals surface area contributed by atoms with E-state index >= 15 is 0 Å². The van der Waals surface area contributed by atoms with Crippen LogP contribution in [0, 0.1) is 0 Å². The van der Waals surface area contributed by atoms with Gasteiger partial charge in [-0.1, -0.05) is 11.6 Å². The Bertz CT molecular complexity index is 933. The van der Waals surface area contributed by atoms with Crippen molar-refractivity contribution >= 4 is 35.1 Å². The average molecular weight is 445 g/mol. The molecule has 0 radical (unpaired) electrons. The summed E-state index contributed by atoms with van der Waals surface area (Å²) in [6, 6.07) is 8.53. The van der Waals surface area contributed by atoms with Gasteiger partial charge in [0, 0.05) is 5.56 Å². The lowest BCUT2D eigenvalue weighted by atomic mass is 10.2. The fourth-order valence-corrected chi connectivity index (χ4v) is 2.34. The second-order valence-electron chi connectivity index (χ2n) is 5.81. The first-order valence-electron chi connectivity index (χ1n) is 8.34. The minimum absolute atomic E-state index is 0.116. The first kappa shape index (κ1) is 23.0. The maximum absolute atomic E-state index is 12.7. The molecule has 0 saturated heterocycles. The van der Waals surface area contributed by atoms with Gasteiger partial charge < -0.3 is 20.1 Å². The lowest BCUT2D eigenvalue weighted by Crippen LogP contribution is -2.32. The monoisotopic (exact) mass is 444 g/mol. The molecule has 0 unspecified atom stereocenters. The number of hydrogen-bond acceptors (Lipinski definition) is 5. The number of rotatable bonds is 7. The van der Waals surface area contributed by atoms with Gasteiger partial charge in [0.25, 0.3) is 11.8 Å². The molecule has 2 N–H and O–H groups in total. The Hall–Kier alpha value is -3.27. The third-order valence-electron chi connectivity index (χ3n) is 3.68. The van der Waals surface area contributed by atoms with E-state index in [2.05, 4.69) is 15.4 Å². The molecule has 0 aliphatic heterocycles. The molecule has 2 rings (SSSR count). The third kappa shape index (κ3) is 6.66. The van der Waals surface area contributed by atoms with Crippen LogP contribution in [0.5, 0.6) is 5.75 Å². The molecule has 0 fully saturated rings. The molecule has 0 aliphatic carbocycles. The topological polar surface area (TPSA) is 93.7 Å². The zero-order valence-corrected chi connectivity index (χ0v) is 16.3. The summed E-state index contributed by atoms with van der Waals surface area (Å²) in [6.07, 6.45) is -4.61. The predicted molar refractivity (Wildman–Crippen MR) is 101 cm³/mol. The Morgan fingerprint density at radius 1 is 1.07 bits per heavy atom. The molecule has 2 aromatic rings. The molecule has 2 aromatic carbocycles. The molecule has 7 nitrogen and oxygen atoms in total. The van der Waals surface area contributed by atoms with E-state index in [1.165, 1.54) is 19.2 Å². The molecule has 0 aliphatic rings. The molecule has 160 valence electrons. The molecular formula is C19H16ClF3N2O5. The largest absolute Gasteiger partial charge is 0.497 e. The van der Waals surface area contributed by atoms with Crippen LogP contribution in [-0.2, 0) is 20.5 Å². The minimum atomic E-state index is -4.61. The number of esters is 1. The van der Waals surface area contributed by atoms with Crippen LogP contribution in [-0.4, -0.2) is 38.0 Å². The number of benzene rings is 2. The van der Waals surface area contributed by atoms with Gasteiger partial charge in [-0.05, 0) is 42.5 Å². The molecule has 11 heteroatoms. The molecular weight excluding hydrogens is 429 g/mol. The highest BCUT2D eigenvalue weighted by Crippen LogP contribution is 2.33. The number of anilines is 1. The summed E-state index contributed by atoms with van der Waals surface area (Å²) >= 11 is 5.77. The number of alkyl halides is 3. The number of methoxy groups -OCH3 is 1. The summed E-state index contributed by atoms with van der Waals surface area (Å²) in [5, 5.41) is 4.33. The van der Waals surface area contributed by atoms with Crippen LogP contribution < -0.4 is 15.4 Å². The first-order chi connectivity index (χ1) is 14.1. The SMILES string of the molecule is COc1ccc(C(=O)NCC(=O)OCC(=O)Nc2cc(C(F)(F)F)ccc2Cl)cc1. The third-order valence-corrected chi connectivity index (χ3v) is 4.01. The highest BCUT2D eigenvalue weighted by molar-refractivity contribution is 6.33. The maximum atomic E-state index is 12.7. The van der Waals surface area contributed by atoms with Gasteiger partial charge in [-0.2, -0.15) is 13.2 Å². The lowest BCUT2D eigenvalue weighted by molar-refractivity contribution is -0.146.